The standard InChI is InChI=1S/C19H11N5O2/c25-24(26)12-5-3-4-11(8-12)19-22-17-9-15-16(10-18(17)23-19)21-14-7-2-1-6-13(14)20-15/h1-10,20H. The molecule has 0 saturated carbocycles. The summed E-state index contributed by atoms with van der Waals surface area (Å²) >= 11 is 0. The summed E-state index contributed by atoms with van der Waals surface area (Å²) in [5.41, 5.74) is 5.52. The molecule has 0 bridgehead atoms. The number of benzene rings is 3. The molecule has 26 heavy (non-hydrogen) atoms. The predicted molar refractivity (Wildman–Crippen MR) is 98.8 cm³/mol. The molecule has 0 fully saturated rings. The van der Waals surface area contributed by atoms with Crippen LogP contribution >= 0.6 is 0 Å². The van der Waals surface area contributed by atoms with E-state index in [2.05, 4.69) is 19.9 Å². The highest BCUT2D eigenvalue weighted by Crippen LogP contribution is 2.26. The van der Waals surface area contributed by atoms with E-state index in [4.69, 9.17) is 0 Å². The highest BCUT2D eigenvalue weighted by Gasteiger charge is 2.12. The van der Waals surface area contributed by atoms with Crippen LogP contribution in [0.15, 0.2) is 60.7 Å². The summed E-state index contributed by atoms with van der Waals surface area (Å²) in [7, 11) is 0. The molecule has 3 aromatic carbocycles. The number of H-pyrrole nitrogens is 1. The van der Waals surface area contributed by atoms with Crippen LogP contribution in [0.2, 0.25) is 0 Å². The quantitative estimate of drug-likeness (QED) is 0.294. The molecule has 1 N–H and O–H groups in total. The molecular weight excluding hydrogens is 330 g/mol. The number of nitrogens with zero attached hydrogens (tertiary/aromatic N) is 4. The molecule has 5 rings (SSSR count). The molecule has 0 unspecified atom stereocenters. The average molecular weight is 341 g/mol. The third-order valence-electron chi connectivity index (χ3n) is 4.28. The van der Waals surface area contributed by atoms with Gasteiger partial charge in [0.15, 0.2) is 5.82 Å². The van der Waals surface area contributed by atoms with Gasteiger partial charge in [-0.1, -0.05) is 24.3 Å². The van der Waals surface area contributed by atoms with Crippen molar-refractivity contribution in [3.05, 3.63) is 70.8 Å². The Kier molecular flexibility index (Phi) is 2.96. The SMILES string of the molecule is O=[N+]([O-])c1cccc(-c2nc3cc4nc5ccccc5[nH]c4cc3n2)c1. The molecule has 0 aliphatic rings. The number of nitro groups is 1. The molecule has 7 heteroatoms. The topological polar surface area (TPSA) is 97.6 Å². The zero-order chi connectivity index (χ0) is 17.7. The molecule has 2 heterocycles. The number of hydrogen-bond donors (Lipinski definition) is 1. The van der Waals surface area contributed by atoms with Gasteiger partial charge in [-0.15, -0.1) is 0 Å². The third-order valence-corrected chi connectivity index (χ3v) is 4.28. The molecule has 124 valence electrons. The van der Waals surface area contributed by atoms with Crippen molar-refractivity contribution >= 4 is 38.8 Å². The molecular formula is C19H11N5O2. The number of nitrogens with one attached hydrogen (secondary N) is 1. The summed E-state index contributed by atoms with van der Waals surface area (Å²) in [6.45, 7) is 0. The largest absolute Gasteiger partial charge is 0.352 e. The van der Waals surface area contributed by atoms with Gasteiger partial charge in [0.05, 0.1) is 38.0 Å². The van der Waals surface area contributed by atoms with Gasteiger partial charge in [0.1, 0.15) is 0 Å². The fourth-order valence-electron chi connectivity index (χ4n) is 3.03. The number of rotatable bonds is 2. The first-order chi connectivity index (χ1) is 12.7. The van der Waals surface area contributed by atoms with E-state index in [-0.39, 0.29) is 5.69 Å². The second-order valence-electron chi connectivity index (χ2n) is 5.97. The number of imidazole rings is 1. The van der Waals surface area contributed by atoms with E-state index in [1.165, 1.54) is 12.1 Å². The number of para-hydroxylation sites is 2. The number of hydrogen-bond acceptors (Lipinski definition) is 5. The van der Waals surface area contributed by atoms with Crippen LogP contribution in [-0.2, 0) is 0 Å². The van der Waals surface area contributed by atoms with Crippen LogP contribution in [-0.4, -0.2) is 24.9 Å². The molecule has 0 atom stereocenters. The van der Waals surface area contributed by atoms with Gasteiger partial charge in [-0.05, 0) is 24.3 Å². The molecule has 0 aliphatic heterocycles. The maximum atomic E-state index is 11.0. The number of fused-ring (bicyclic) bond motifs is 3. The molecule has 5 aromatic rings. The lowest BCUT2D eigenvalue weighted by Crippen LogP contribution is -1.88. The predicted octanol–water partition coefficient (Wildman–Crippen LogP) is 4.23. The number of aromatic amines is 1. The van der Waals surface area contributed by atoms with Gasteiger partial charge in [0.2, 0.25) is 0 Å². The average Bonchev–Trinajstić information content (AvgIpc) is 3.07. The van der Waals surface area contributed by atoms with Crippen molar-refractivity contribution in [3.63, 3.8) is 0 Å². The van der Waals surface area contributed by atoms with Crippen molar-refractivity contribution in [2.45, 2.75) is 0 Å². The zero-order valence-electron chi connectivity index (χ0n) is 13.4. The molecule has 0 saturated heterocycles. The summed E-state index contributed by atoms with van der Waals surface area (Å²) in [6.07, 6.45) is 0. The monoisotopic (exact) mass is 341 g/mol. The summed E-state index contributed by atoms with van der Waals surface area (Å²) in [6, 6.07) is 17.9. The van der Waals surface area contributed by atoms with E-state index >= 15 is 0 Å². The van der Waals surface area contributed by atoms with E-state index in [1.54, 1.807) is 12.1 Å². The van der Waals surface area contributed by atoms with E-state index in [0.29, 0.717) is 22.4 Å². The summed E-state index contributed by atoms with van der Waals surface area (Å²) in [4.78, 5) is 27.6. The first kappa shape index (κ1) is 14.5. The normalized spacial score (nSPS) is 11.4. The van der Waals surface area contributed by atoms with E-state index in [9.17, 15) is 10.1 Å². The van der Waals surface area contributed by atoms with E-state index in [1.807, 2.05) is 36.4 Å². The molecule has 0 amide bonds. The van der Waals surface area contributed by atoms with E-state index in [0.717, 1.165) is 22.1 Å². The van der Waals surface area contributed by atoms with Crippen molar-refractivity contribution in [1.29, 1.82) is 0 Å². The summed E-state index contributed by atoms with van der Waals surface area (Å²) < 4.78 is 0. The van der Waals surface area contributed by atoms with Crippen molar-refractivity contribution in [2.75, 3.05) is 0 Å². The van der Waals surface area contributed by atoms with Gasteiger partial charge in [-0.25, -0.2) is 15.0 Å². The van der Waals surface area contributed by atoms with Gasteiger partial charge in [0, 0.05) is 17.7 Å². The molecule has 0 radical (unpaired) electrons. The van der Waals surface area contributed by atoms with Crippen LogP contribution < -0.4 is 0 Å². The van der Waals surface area contributed by atoms with Crippen LogP contribution in [0, 0.1) is 10.1 Å². The molecule has 7 nitrogen and oxygen atoms in total. The Bertz CT molecular complexity index is 1250. The van der Waals surface area contributed by atoms with Gasteiger partial charge >= 0.3 is 0 Å². The first-order valence-corrected chi connectivity index (χ1v) is 7.98. The number of non-ortho nitro benzene ring substituents is 1. The molecule has 2 aromatic heterocycles. The highest BCUT2D eigenvalue weighted by atomic mass is 16.6. The van der Waals surface area contributed by atoms with Crippen molar-refractivity contribution in [2.24, 2.45) is 0 Å². The number of nitro benzene ring substituents is 1. The Balaban J connectivity index is 1.71. The Labute approximate surface area is 146 Å². The lowest BCUT2D eigenvalue weighted by Gasteiger charge is -2.01. The van der Waals surface area contributed by atoms with Crippen molar-refractivity contribution in [1.82, 2.24) is 19.9 Å². The summed E-state index contributed by atoms with van der Waals surface area (Å²) in [5, 5.41) is 11.0. The minimum atomic E-state index is -0.426. The molecule has 0 aliphatic carbocycles. The van der Waals surface area contributed by atoms with Gasteiger partial charge in [-0.2, -0.15) is 0 Å². The van der Waals surface area contributed by atoms with Crippen molar-refractivity contribution < 1.29 is 4.92 Å². The number of aromatic nitrogens is 4. The fraction of sp³-hybridized carbons (Fsp3) is 0. The van der Waals surface area contributed by atoms with Gasteiger partial charge < -0.3 is 4.98 Å². The van der Waals surface area contributed by atoms with Gasteiger partial charge in [0.25, 0.3) is 5.69 Å². The Morgan fingerprint density at radius 3 is 2.42 bits per heavy atom. The fourth-order valence-corrected chi connectivity index (χ4v) is 3.03. The maximum absolute atomic E-state index is 11.0. The molecule has 0 spiro atoms. The summed E-state index contributed by atoms with van der Waals surface area (Å²) in [5.74, 6) is 0.462. The Hall–Kier alpha value is -3.87. The minimum absolute atomic E-state index is 0.0165. The Morgan fingerprint density at radius 2 is 1.58 bits per heavy atom. The lowest BCUT2D eigenvalue weighted by atomic mass is 10.2. The first-order valence-electron chi connectivity index (χ1n) is 7.98. The van der Waals surface area contributed by atoms with Crippen LogP contribution in [0.4, 0.5) is 5.69 Å². The van der Waals surface area contributed by atoms with Crippen LogP contribution in [0.5, 0.6) is 0 Å². The zero-order valence-corrected chi connectivity index (χ0v) is 13.4. The smallest absolute Gasteiger partial charge is 0.270 e. The van der Waals surface area contributed by atoms with Crippen molar-refractivity contribution in [3.8, 4) is 11.4 Å². The van der Waals surface area contributed by atoms with Gasteiger partial charge in [-0.3, -0.25) is 10.1 Å². The second kappa shape index (κ2) is 5.32. The van der Waals surface area contributed by atoms with Crippen LogP contribution in [0.3, 0.4) is 0 Å². The van der Waals surface area contributed by atoms with E-state index < -0.39 is 4.92 Å². The third kappa shape index (κ3) is 2.26. The highest BCUT2D eigenvalue weighted by molar-refractivity contribution is 5.95. The minimum Gasteiger partial charge on any atom is -0.352 e. The van der Waals surface area contributed by atoms with Crippen LogP contribution in [0.1, 0.15) is 0 Å². The second-order valence-corrected chi connectivity index (χ2v) is 5.97. The van der Waals surface area contributed by atoms with Crippen LogP contribution in [0.25, 0.3) is 44.5 Å². The maximum Gasteiger partial charge on any atom is 0.270 e. The lowest BCUT2D eigenvalue weighted by molar-refractivity contribution is -0.384. The Morgan fingerprint density at radius 1 is 0.769 bits per heavy atom.